The Morgan fingerprint density at radius 2 is 1.77 bits per heavy atom. The van der Waals surface area contributed by atoms with Gasteiger partial charge in [0.2, 0.25) is 0 Å². The second kappa shape index (κ2) is 7.44. The van der Waals surface area contributed by atoms with Crippen LogP contribution in [-0.4, -0.2) is 23.1 Å². The van der Waals surface area contributed by atoms with Crippen LogP contribution in [0.4, 0.5) is 5.69 Å². The lowest BCUT2D eigenvalue weighted by molar-refractivity contribution is -0.119. The SMILES string of the molecule is CCn1c(C)cc(C(=O)OCC(=O)Nc2ccc3ccccc3c2)c1C. The molecule has 0 saturated carbocycles. The van der Waals surface area contributed by atoms with Crippen molar-refractivity contribution in [2.45, 2.75) is 27.3 Å². The Morgan fingerprint density at radius 3 is 2.46 bits per heavy atom. The smallest absolute Gasteiger partial charge is 0.340 e. The van der Waals surface area contributed by atoms with E-state index in [2.05, 4.69) is 5.32 Å². The highest BCUT2D eigenvalue weighted by molar-refractivity contribution is 5.97. The number of anilines is 1. The predicted molar refractivity (Wildman–Crippen MR) is 102 cm³/mol. The van der Waals surface area contributed by atoms with Gasteiger partial charge >= 0.3 is 5.97 Å². The minimum atomic E-state index is -0.480. The Kier molecular flexibility index (Phi) is 5.07. The number of aromatic nitrogens is 1. The summed E-state index contributed by atoms with van der Waals surface area (Å²) >= 11 is 0. The molecule has 5 nitrogen and oxygen atoms in total. The Hall–Kier alpha value is -3.08. The normalized spacial score (nSPS) is 10.7. The van der Waals surface area contributed by atoms with E-state index in [-0.39, 0.29) is 12.5 Å². The van der Waals surface area contributed by atoms with Crippen LogP contribution in [0.2, 0.25) is 0 Å². The van der Waals surface area contributed by atoms with Gasteiger partial charge in [-0.05, 0) is 49.7 Å². The molecule has 1 aromatic heterocycles. The molecule has 134 valence electrons. The molecule has 1 heterocycles. The monoisotopic (exact) mass is 350 g/mol. The van der Waals surface area contributed by atoms with Gasteiger partial charge in [-0.2, -0.15) is 0 Å². The van der Waals surface area contributed by atoms with Crippen LogP contribution in [0.3, 0.4) is 0 Å². The van der Waals surface area contributed by atoms with Gasteiger partial charge in [0, 0.05) is 23.6 Å². The first-order chi connectivity index (χ1) is 12.5. The maximum absolute atomic E-state index is 12.3. The van der Waals surface area contributed by atoms with Crippen LogP contribution in [0.5, 0.6) is 0 Å². The molecule has 0 atom stereocenters. The number of aryl methyl sites for hydroxylation is 1. The van der Waals surface area contributed by atoms with Crippen molar-refractivity contribution >= 4 is 28.3 Å². The summed E-state index contributed by atoms with van der Waals surface area (Å²) < 4.78 is 7.21. The van der Waals surface area contributed by atoms with E-state index in [1.807, 2.05) is 67.8 Å². The molecule has 0 spiro atoms. The second-order valence-corrected chi connectivity index (χ2v) is 6.22. The first kappa shape index (κ1) is 17.7. The average Bonchev–Trinajstić information content (AvgIpc) is 2.93. The van der Waals surface area contributed by atoms with Gasteiger partial charge in [0.1, 0.15) is 0 Å². The molecular weight excluding hydrogens is 328 g/mol. The number of rotatable bonds is 5. The number of ether oxygens (including phenoxy) is 1. The van der Waals surface area contributed by atoms with Crippen LogP contribution < -0.4 is 5.32 Å². The van der Waals surface area contributed by atoms with Crippen molar-refractivity contribution in [3.8, 4) is 0 Å². The largest absolute Gasteiger partial charge is 0.452 e. The number of hydrogen-bond donors (Lipinski definition) is 1. The fraction of sp³-hybridized carbons (Fsp3) is 0.238. The molecule has 1 N–H and O–H groups in total. The number of carbonyl (C=O) groups is 2. The van der Waals surface area contributed by atoms with Gasteiger partial charge in [-0.1, -0.05) is 30.3 Å². The van der Waals surface area contributed by atoms with Crippen LogP contribution in [0.15, 0.2) is 48.5 Å². The highest BCUT2D eigenvalue weighted by Gasteiger charge is 2.17. The standard InChI is InChI=1S/C21H22N2O3/c1-4-23-14(2)11-19(15(23)3)21(25)26-13-20(24)22-18-10-9-16-7-5-6-8-17(16)12-18/h5-12H,4,13H2,1-3H3,(H,22,24). The summed E-state index contributed by atoms with van der Waals surface area (Å²) in [5.74, 6) is -0.843. The molecule has 5 heteroatoms. The molecule has 0 unspecified atom stereocenters. The summed E-state index contributed by atoms with van der Waals surface area (Å²) in [5.41, 5.74) is 3.03. The predicted octanol–water partition coefficient (Wildman–Crippen LogP) is 4.07. The molecule has 0 aliphatic heterocycles. The van der Waals surface area contributed by atoms with Crippen molar-refractivity contribution in [3.63, 3.8) is 0 Å². The van der Waals surface area contributed by atoms with Gasteiger partial charge < -0.3 is 14.6 Å². The Bertz CT molecular complexity index is 973. The molecule has 0 fully saturated rings. The highest BCUT2D eigenvalue weighted by Crippen LogP contribution is 2.19. The van der Waals surface area contributed by atoms with Crippen LogP contribution >= 0.6 is 0 Å². The van der Waals surface area contributed by atoms with Crippen molar-refractivity contribution in [3.05, 3.63) is 65.5 Å². The van der Waals surface area contributed by atoms with Crippen LogP contribution in [-0.2, 0) is 16.1 Å². The molecule has 3 rings (SSSR count). The summed E-state index contributed by atoms with van der Waals surface area (Å²) in [6.07, 6.45) is 0. The van der Waals surface area contributed by atoms with Crippen molar-refractivity contribution in [2.75, 3.05) is 11.9 Å². The van der Waals surface area contributed by atoms with Crippen LogP contribution in [0.1, 0.15) is 28.7 Å². The fourth-order valence-electron chi connectivity index (χ4n) is 3.17. The number of nitrogens with zero attached hydrogens (tertiary/aromatic N) is 1. The third kappa shape index (κ3) is 3.61. The molecule has 0 radical (unpaired) electrons. The molecule has 26 heavy (non-hydrogen) atoms. The third-order valence-electron chi connectivity index (χ3n) is 4.48. The van der Waals surface area contributed by atoms with E-state index in [9.17, 15) is 9.59 Å². The van der Waals surface area contributed by atoms with Gasteiger partial charge in [-0.25, -0.2) is 4.79 Å². The molecule has 1 amide bonds. The lowest BCUT2D eigenvalue weighted by Crippen LogP contribution is -2.21. The van der Waals surface area contributed by atoms with Gasteiger partial charge in [0.25, 0.3) is 5.91 Å². The minimum Gasteiger partial charge on any atom is -0.452 e. The van der Waals surface area contributed by atoms with E-state index in [0.717, 1.165) is 28.7 Å². The highest BCUT2D eigenvalue weighted by atomic mass is 16.5. The summed E-state index contributed by atoms with van der Waals surface area (Å²) in [7, 11) is 0. The third-order valence-corrected chi connectivity index (χ3v) is 4.48. The van der Waals surface area contributed by atoms with Gasteiger partial charge in [0.05, 0.1) is 5.56 Å². The summed E-state index contributed by atoms with van der Waals surface area (Å²) in [5, 5.41) is 4.90. The maximum Gasteiger partial charge on any atom is 0.340 e. The zero-order valence-electron chi connectivity index (χ0n) is 15.2. The van der Waals surface area contributed by atoms with Crippen molar-refractivity contribution in [1.29, 1.82) is 0 Å². The van der Waals surface area contributed by atoms with E-state index in [4.69, 9.17) is 4.74 Å². The molecule has 3 aromatic rings. The second-order valence-electron chi connectivity index (χ2n) is 6.22. The first-order valence-electron chi connectivity index (χ1n) is 8.62. The van der Waals surface area contributed by atoms with Crippen molar-refractivity contribution in [1.82, 2.24) is 4.57 Å². The molecule has 0 bridgehead atoms. The number of fused-ring (bicyclic) bond motifs is 1. The zero-order valence-corrected chi connectivity index (χ0v) is 15.2. The lowest BCUT2D eigenvalue weighted by Gasteiger charge is -2.08. The summed E-state index contributed by atoms with van der Waals surface area (Å²) in [6.45, 7) is 6.31. The number of carbonyl (C=O) groups excluding carboxylic acids is 2. The van der Waals surface area contributed by atoms with Gasteiger partial charge in [-0.15, -0.1) is 0 Å². The number of amides is 1. The average molecular weight is 350 g/mol. The topological polar surface area (TPSA) is 60.3 Å². The molecule has 0 saturated heterocycles. The summed E-state index contributed by atoms with van der Waals surface area (Å²) in [4.78, 5) is 24.4. The van der Waals surface area contributed by atoms with Gasteiger partial charge in [0.15, 0.2) is 6.61 Å². The van der Waals surface area contributed by atoms with Crippen molar-refractivity contribution in [2.24, 2.45) is 0 Å². The first-order valence-corrected chi connectivity index (χ1v) is 8.62. The van der Waals surface area contributed by atoms with E-state index in [1.54, 1.807) is 6.07 Å². The summed E-state index contributed by atoms with van der Waals surface area (Å²) in [6, 6.07) is 15.4. The fourth-order valence-corrected chi connectivity index (χ4v) is 3.17. The molecule has 2 aromatic carbocycles. The van der Waals surface area contributed by atoms with Crippen LogP contribution in [0, 0.1) is 13.8 Å². The zero-order chi connectivity index (χ0) is 18.7. The van der Waals surface area contributed by atoms with E-state index in [0.29, 0.717) is 11.3 Å². The Balaban J connectivity index is 1.62. The quantitative estimate of drug-likeness (QED) is 0.706. The maximum atomic E-state index is 12.3. The van der Waals surface area contributed by atoms with Gasteiger partial charge in [-0.3, -0.25) is 4.79 Å². The lowest BCUT2D eigenvalue weighted by atomic mass is 10.1. The number of hydrogen-bond acceptors (Lipinski definition) is 3. The van der Waals surface area contributed by atoms with E-state index < -0.39 is 5.97 Å². The minimum absolute atomic E-state index is 0.318. The number of esters is 1. The molecule has 0 aliphatic rings. The number of nitrogens with one attached hydrogen (secondary N) is 1. The van der Waals surface area contributed by atoms with E-state index >= 15 is 0 Å². The van der Waals surface area contributed by atoms with E-state index in [1.165, 1.54) is 0 Å². The number of benzene rings is 2. The van der Waals surface area contributed by atoms with Crippen LogP contribution in [0.25, 0.3) is 10.8 Å². The molecule has 0 aliphatic carbocycles. The Morgan fingerprint density at radius 1 is 1.04 bits per heavy atom. The van der Waals surface area contributed by atoms with Crippen molar-refractivity contribution < 1.29 is 14.3 Å². The Labute approximate surface area is 152 Å². The molecular formula is C21H22N2O3.